The molecule has 0 radical (unpaired) electrons. The fraction of sp³-hybridized carbons (Fsp3) is 0.257. The van der Waals surface area contributed by atoms with Crippen molar-refractivity contribution in [1.82, 2.24) is 10.2 Å². The van der Waals surface area contributed by atoms with Crippen molar-refractivity contribution in [2.24, 2.45) is 5.92 Å². The molecule has 7 nitrogen and oxygen atoms in total. The molecule has 0 fully saturated rings. The van der Waals surface area contributed by atoms with Crippen LogP contribution in [0.2, 0.25) is 0 Å². The van der Waals surface area contributed by atoms with E-state index in [2.05, 4.69) is 21.2 Å². The van der Waals surface area contributed by atoms with Crippen LogP contribution in [-0.2, 0) is 32.6 Å². The Hall–Kier alpha value is -4.02. The molecule has 0 bridgehead atoms. The van der Waals surface area contributed by atoms with E-state index in [1.54, 1.807) is 24.3 Å². The maximum atomic E-state index is 14.4. The van der Waals surface area contributed by atoms with Crippen LogP contribution >= 0.6 is 15.9 Å². The number of sulfonamides is 1. The van der Waals surface area contributed by atoms with Crippen LogP contribution in [0.4, 0.5) is 10.1 Å². The Morgan fingerprint density at radius 3 is 2.07 bits per heavy atom. The highest BCUT2D eigenvalue weighted by molar-refractivity contribution is 9.10. The molecule has 0 saturated carbocycles. The summed E-state index contributed by atoms with van der Waals surface area (Å²) in [6, 6.07) is 27.1. The summed E-state index contributed by atoms with van der Waals surface area (Å²) in [4.78, 5) is 29.5. The van der Waals surface area contributed by atoms with Gasteiger partial charge in [-0.1, -0.05) is 89.9 Å². The number of rotatable bonds is 13. The second-order valence-electron chi connectivity index (χ2n) is 11.3. The number of nitrogens with zero attached hydrogens (tertiary/aromatic N) is 2. The molecule has 1 atom stereocenters. The van der Waals surface area contributed by atoms with Gasteiger partial charge >= 0.3 is 0 Å². The van der Waals surface area contributed by atoms with Crippen LogP contribution in [0.5, 0.6) is 0 Å². The van der Waals surface area contributed by atoms with Crippen LogP contribution < -0.4 is 9.62 Å². The van der Waals surface area contributed by atoms with Crippen molar-refractivity contribution in [3.8, 4) is 0 Å². The summed E-state index contributed by atoms with van der Waals surface area (Å²) >= 11 is 3.44. The van der Waals surface area contributed by atoms with Crippen LogP contribution in [0.25, 0.3) is 0 Å². The van der Waals surface area contributed by atoms with Gasteiger partial charge in [0, 0.05) is 24.0 Å². The third kappa shape index (κ3) is 9.25. The lowest BCUT2D eigenvalue weighted by Gasteiger charge is -2.34. The molecule has 0 spiro atoms. The number of benzene rings is 4. The second kappa shape index (κ2) is 15.3. The number of hydrogen-bond acceptors (Lipinski definition) is 4. The average Bonchev–Trinajstić information content (AvgIpc) is 3.02. The molecule has 2 amide bonds. The van der Waals surface area contributed by atoms with E-state index < -0.39 is 34.3 Å². The van der Waals surface area contributed by atoms with Gasteiger partial charge in [-0.05, 0) is 72.5 Å². The molecular weight excluding hydrogens is 657 g/mol. The van der Waals surface area contributed by atoms with Gasteiger partial charge in [-0.15, -0.1) is 0 Å². The minimum absolute atomic E-state index is 0.0665. The highest BCUT2D eigenvalue weighted by Crippen LogP contribution is 2.26. The van der Waals surface area contributed by atoms with Crippen LogP contribution in [0.15, 0.2) is 112 Å². The molecule has 45 heavy (non-hydrogen) atoms. The maximum Gasteiger partial charge on any atom is 0.264 e. The Bertz CT molecular complexity index is 1680. The Labute approximate surface area is 273 Å². The second-order valence-corrected chi connectivity index (χ2v) is 14.1. The van der Waals surface area contributed by atoms with Gasteiger partial charge in [0.2, 0.25) is 11.8 Å². The van der Waals surface area contributed by atoms with E-state index in [1.165, 1.54) is 17.0 Å². The van der Waals surface area contributed by atoms with Crippen molar-refractivity contribution < 1.29 is 22.4 Å². The first-order valence-electron chi connectivity index (χ1n) is 14.6. The summed E-state index contributed by atoms with van der Waals surface area (Å²) in [6.45, 7) is 5.74. The molecule has 1 N–H and O–H groups in total. The number of amides is 2. The quantitative estimate of drug-likeness (QED) is 0.173. The summed E-state index contributed by atoms with van der Waals surface area (Å²) in [5.41, 5.74) is 2.80. The van der Waals surface area contributed by atoms with E-state index in [1.807, 2.05) is 75.4 Å². The third-order valence-corrected chi connectivity index (χ3v) is 9.54. The first-order chi connectivity index (χ1) is 21.4. The van der Waals surface area contributed by atoms with Gasteiger partial charge in [0.05, 0.1) is 10.6 Å². The first-order valence-corrected chi connectivity index (χ1v) is 16.9. The Morgan fingerprint density at radius 1 is 0.844 bits per heavy atom. The van der Waals surface area contributed by atoms with Crippen LogP contribution in [0.3, 0.4) is 0 Å². The fourth-order valence-electron chi connectivity index (χ4n) is 4.74. The first kappa shape index (κ1) is 33.9. The maximum absolute atomic E-state index is 14.4. The molecule has 0 aliphatic rings. The van der Waals surface area contributed by atoms with Gasteiger partial charge in [-0.3, -0.25) is 13.9 Å². The molecule has 4 aromatic rings. The van der Waals surface area contributed by atoms with E-state index in [9.17, 15) is 22.4 Å². The zero-order valence-corrected chi connectivity index (χ0v) is 27.9. The molecule has 0 unspecified atom stereocenters. The lowest BCUT2D eigenvalue weighted by molar-refractivity contribution is -0.140. The predicted octanol–water partition coefficient (Wildman–Crippen LogP) is 6.50. The molecule has 0 aromatic heterocycles. The molecule has 10 heteroatoms. The Morgan fingerprint density at radius 2 is 1.47 bits per heavy atom. The smallest absolute Gasteiger partial charge is 0.264 e. The molecule has 236 valence electrons. The summed E-state index contributed by atoms with van der Waals surface area (Å²) in [5.74, 6) is -1.30. The van der Waals surface area contributed by atoms with E-state index in [0.29, 0.717) is 6.54 Å². The number of anilines is 1. The molecular formula is C35H37BrFN3O4S. The molecule has 0 aliphatic heterocycles. The molecule has 0 heterocycles. The Kier molecular flexibility index (Phi) is 11.5. The van der Waals surface area contributed by atoms with Crippen molar-refractivity contribution in [3.05, 3.63) is 130 Å². The van der Waals surface area contributed by atoms with Gasteiger partial charge in [0.25, 0.3) is 10.0 Å². The van der Waals surface area contributed by atoms with Crippen LogP contribution in [0.1, 0.15) is 30.5 Å². The normalized spacial score (nSPS) is 12.0. The summed E-state index contributed by atoms with van der Waals surface area (Å²) in [6.07, 6.45) is 0.224. The number of halogens is 2. The van der Waals surface area contributed by atoms with Gasteiger partial charge in [-0.2, -0.15) is 0 Å². The SMILES string of the molecule is Cc1ccc(N(CC(=O)N(Cc2ccc(Br)cc2)[C@@H](Cc2ccccc2)C(=O)NCC(C)C)S(=O)(=O)c2ccc(F)cc2)cc1. The highest BCUT2D eigenvalue weighted by Gasteiger charge is 2.34. The van der Waals surface area contributed by atoms with Crippen molar-refractivity contribution in [3.63, 3.8) is 0 Å². The van der Waals surface area contributed by atoms with E-state index in [-0.39, 0.29) is 35.4 Å². The monoisotopic (exact) mass is 693 g/mol. The minimum atomic E-state index is -4.30. The lowest BCUT2D eigenvalue weighted by Crippen LogP contribution is -2.53. The van der Waals surface area contributed by atoms with Gasteiger partial charge < -0.3 is 10.2 Å². The zero-order chi connectivity index (χ0) is 32.6. The standard InChI is InChI=1S/C35H37BrFN3O4S/c1-25(2)22-38-35(42)33(21-27-7-5-4-6-8-27)39(23-28-11-13-29(36)14-12-28)34(41)24-40(31-17-9-26(3)10-18-31)45(43,44)32-19-15-30(37)16-20-32/h4-20,25,33H,21-24H2,1-3H3,(H,38,42)/t33-/m0/s1. The average molecular weight is 695 g/mol. The van der Waals surface area contributed by atoms with E-state index in [4.69, 9.17) is 0 Å². The van der Waals surface area contributed by atoms with E-state index >= 15 is 0 Å². The van der Waals surface area contributed by atoms with Crippen molar-refractivity contribution >= 4 is 43.5 Å². The fourth-order valence-corrected chi connectivity index (χ4v) is 6.42. The molecule has 4 rings (SSSR count). The topological polar surface area (TPSA) is 86.8 Å². The number of hydrogen-bond donors (Lipinski definition) is 1. The zero-order valence-electron chi connectivity index (χ0n) is 25.5. The van der Waals surface area contributed by atoms with Crippen molar-refractivity contribution in [1.29, 1.82) is 0 Å². The minimum Gasteiger partial charge on any atom is -0.354 e. The third-order valence-electron chi connectivity index (χ3n) is 7.22. The van der Waals surface area contributed by atoms with Crippen molar-refractivity contribution in [2.75, 3.05) is 17.4 Å². The van der Waals surface area contributed by atoms with Gasteiger partial charge in [-0.25, -0.2) is 12.8 Å². The molecule has 4 aromatic carbocycles. The van der Waals surface area contributed by atoms with Crippen LogP contribution in [-0.4, -0.2) is 44.3 Å². The van der Waals surface area contributed by atoms with Gasteiger partial charge in [0.15, 0.2) is 0 Å². The summed E-state index contributed by atoms with van der Waals surface area (Å²) < 4.78 is 43.6. The van der Waals surface area contributed by atoms with E-state index in [0.717, 1.165) is 37.6 Å². The largest absolute Gasteiger partial charge is 0.354 e. The summed E-state index contributed by atoms with van der Waals surface area (Å²) in [7, 11) is -4.30. The van der Waals surface area contributed by atoms with Gasteiger partial charge in [0.1, 0.15) is 18.4 Å². The number of nitrogens with one attached hydrogen (secondary N) is 1. The highest BCUT2D eigenvalue weighted by atomic mass is 79.9. The van der Waals surface area contributed by atoms with Crippen molar-refractivity contribution in [2.45, 2.75) is 44.7 Å². The lowest BCUT2D eigenvalue weighted by atomic mass is 10.0. The predicted molar refractivity (Wildman–Crippen MR) is 179 cm³/mol. The Balaban J connectivity index is 1.79. The number of carbonyl (C=O) groups excluding carboxylic acids is 2. The molecule has 0 saturated heterocycles. The number of carbonyl (C=O) groups is 2. The molecule has 0 aliphatic carbocycles. The summed E-state index contributed by atoms with van der Waals surface area (Å²) in [5, 5.41) is 2.98. The van der Waals surface area contributed by atoms with Crippen LogP contribution in [0, 0.1) is 18.7 Å². The number of aryl methyl sites for hydroxylation is 1.